The number of hydrogen-bond acceptors (Lipinski definition) is 5. The van der Waals surface area contributed by atoms with Gasteiger partial charge in [0, 0.05) is 35.4 Å². The van der Waals surface area contributed by atoms with Gasteiger partial charge in [0.1, 0.15) is 5.69 Å². The molecule has 34 heavy (non-hydrogen) atoms. The van der Waals surface area contributed by atoms with Gasteiger partial charge in [-0.3, -0.25) is 9.78 Å². The van der Waals surface area contributed by atoms with Crippen LogP contribution in [-0.2, 0) is 10.0 Å². The highest BCUT2D eigenvalue weighted by Crippen LogP contribution is 2.25. The molecule has 2 heterocycles. The zero-order valence-electron chi connectivity index (χ0n) is 19.1. The lowest BCUT2D eigenvalue weighted by Crippen LogP contribution is -2.40. The van der Waals surface area contributed by atoms with E-state index in [1.165, 1.54) is 12.1 Å². The number of pyridine rings is 1. The predicted molar refractivity (Wildman–Crippen MR) is 131 cm³/mol. The van der Waals surface area contributed by atoms with Gasteiger partial charge in [-0.25, -0.2) is 17.8 Å². The van der Waals surface area contributed by atoms with E-state index in [-0.39, 0.29) is 4.90 Å². The fraction of sp³-hybridized carbons (Fsp3) is 0.160. The SMILES string of the molecule is CC(C)(C)NS(=O)(=O)c1cccc(NC(=O)c2cn(-c3ccccc3)nc2-c2cccnc2)c1. The topological polar surface area (TPSA) is 106 Å². The second kappa shape index (κ2) is 9.20. The fourth-order valence-corrected chi connectivity index (χ4v) is 4.83. The van der Waals surface area contributed by atoms with Gasteiger partial charge in [0.2, 0.25) is 10.0 Å². The fourth-order valence-electron chi connectivity index (χ4n) is 3.37. The maximum Gasteiger partial charge on any atom is 0.259 e. The van der Waals surface area contributed by atoms with Crippen molar-refractivity contribution in [3.05, 3.63) is 90.9 Å². The summed E-state index contributed by atoms with van der Waals surface area (Å²) in [6, 6.07) is 19.2. The van der Waals surface area contributed by atoms with Crippen LogP contribution in [0.15, 0.2) is 90.2 Å². The smallest absolute Gasteiger partial charge is 0.259 e. The van der Waals surface area contributed by atoms with Crippen molar-refractivity contribution in [2.75, 3.05) is 5.32 Å². The minimum atomic E-state index is -3.75. The molecule has 174 valence electrons. The van der Waals surface area contributed by atoms with E-state index in [2.05, 4.69) is 20.1 Å². The molecule has 0 bridgehead atoms. The summed E-state index contributed by atoms with van der Waals surface area (Å²) >= 11 is 0. The zero-order chi connectivity index (χ0) is 24.3. The maximum atomic E-state index is 13.3. The van der Waals surface area contributed by atoms with E-state index in [0.717, 1.165) is 5.69 Å². The third kappa shape index (κ3) is 5.38. The van der Waals surface area contributed by atoms with Gasteiger partial charge < -0.3 is 5.32 Å². The van der Waals surface area contributed by atoms with Crippen LogP contribution in [0.2, 0.25) is 0 Å². The Bertz CT molecular complexity index is 1410. The Morgan fingerprint density at radius 1 is 0.971 bits per heavy atom. The molecule has 2 aromatic heterocycles. The highest BCUT2D eigenvalue weighted by atomic mass is 32.2. The lowest BCUT2D eigenvalue weighted by molar-refractivity contribution is 0.102. The number of carbonyl (C=O) groups excluding carboxylic acids is 1. The molecule has 0 saturated heterocycles. The van der Waals surface area contributed by atoms with Crippen LogP contribution in [0.4, 0.5) is 5.69 Å². The molecule has 0 aliphatic rings. The number of amides is 1. The standard InChI is InChI=1S/C25H25N5O3S/c1-25(2,3)29-34(32,33)21-13-7-10-19(15-21)27-24(31)22-17-30(20-11-5-4-6-12-20)28-23(22)18-9-8-14-26-16-18/h4-17,29H,1-3H3,(H,27,31). The third-order valence-electron chi connectivity index (χ3n) is 4.76. The van der Waals surface area contributed by atoms with Crippen LogP contribution < -0.4 is 10.0 Å². The molecule has 4 aromatic rings. The van der Waals surface area contributed by atoms with Crippen molar-refractivity contribution in [2.24, 2.45) is 0 Å². The number of carbonyl (C=O) groups is 1. The highest BCUT2D eigenvalue weighted by molar-refractivity contribution is 7.89. The van der Waals surface area contributed by atoms with Crippen LogP contribution in [-0.4, -0.2) is 34.6 Å². The Labute approximate surface area is 198 Å². The first-order valence-corrected chi connectivity index (χ1v) is 12.1. The Kier molecular flexibility index (Phi) is 6.32. The van der Waals surface area contributed by atoms with Crippen molar-refractivity contribution in [1.82, 2.24) is 19.5 Å². The van der Waals surface area contributed by atoms with Crippen LogP contribution in [0.3, 0.4) is 0 Å². The molecule has 9 heteroatoms. The molecule has 0 aliphatic heterocycles. The monoisotopic (exact) mass is 475 g/mol. The van der Waals surface area contributed by atoms with E-state index in [9.17, 15) is 13.2 Å². The van der Waals surface area contributed by atoms with E-state index in [0.29, 0.717) is 22.5 Å². The summed E-state index contributed by atoms with van der Waals surface area (Å²) in [5.74, 6) is -0.417. The van der Waals surface area contributed by atoms with Gasteiger partial charge in [-0.05, 0) is 63.2 Å². The van der Waals surface area contributed by atoms with Crippen LogP contribution in [0.5, 0.6) is 0 Å². The van der Waals surface area contributed by atoms with Gasteiger partial charge in [-0.15, -0.1) is 0 Å². The average molecular weight is 476 g/mol. The van der Waals surface area contributed by atoms with Crippen molar-refractivity contribution in [3.63, 3.8) is 0 Å². The summed E-state index contributed by atoms with van der Waals surface area (Å²) in [6.07, 6.45) is 4.93. The maximum absolute atomic E-state index is 13.3. The first-order chi connectivity index (χ1) is 16.1. The van der Waals surface area contributed by atoms with Crippen molar-refractivity contribution >= 4 is 21.6 Å². The Hall–Kier alpha value is -3.82. The number of anilines is 1. The Morgan fingerprint density at radius 2 is 1.74 bits per heavy atom. The molecule has 0 fully saturated rings. The van der Waals surface area contributed by atoms with Crippen LogP contribution >= 0.6 is 0 Å². The van der Waals surface area contributed by atoms with Crippen LogP contribution in [0, 0.1) is 0 Å². The van der Waals surface area contributed by atoms with Crippen molar-refractivity contribution in [3.8, 4) is 16.9 Å². The molecular formula is C25H25N5O3S. The summed E-state index contributed by atoms with van der Waals surface area (Å²) in [4.78, 5) is 17.5. The number of para-hydroxylation sites is 1. The van der Waals surface area contributed by atoms with Crippen molar-refractivity contribution < 1.29 is 13.2 Å². The summed E-state index contributed by atoms with van der Waals surface area (Å²) in [5.41, 5.74) is 2.00. The minimum Gasteiger partial charge on any atom is -0.322 e. The normalized spacial score (nSPS) is 11.9. The molecule has 0 unspecified atom stereocenters. The molecule has 8 nitrogen and oxygen atoms in total. The first-order valence-electron chi connectivity index (χ1n) is 10.6. The largest absolute Gasteiger partial charge is 0.322 e. The number of nitrogens with zero attached hydrogens (tertiary/aromatic N) is 3. The van der Waals surface area contributed by atoms with Gasteiger partial charge in [-0.2, -0.15) is 5.10 Å². The molecule has 1 amide bonds. The molecule has 0 radical (unpaired) electrons. The lowest BCUT2D eigenvalue weighted by Gasteiger charge is -2.20. The molecular weight excluding hydrogens is 450 g/mol. The molecule has 0 atom stereocenters. The Balaban J connectivity index is 1.68. The number of hydrogen-bond donors (Lipinski definition) is 2. The van der Waals surface area contributed by atoms with E-state index < -0.39 is 21.5 Å². The quantitative estimate of drug-likeness (QED) is 0.433. The van der Waals surface area contributed by atoms with E-state index in [4.69, 9.17) is 0 Å². The summed E-state index contributed by atoms with van der Waals surface area (Å²) < 4.78 is 29.7. The molecule has 2 N–H and O–H groups in total. The van der Waals surface area contributed by atoms with Gasteiger partial charge in [0.05, 0.1) is 16.1 Å². The zero-order valence-corrected chi connectivity index (χ0v) is 19.9. The highest BCUT2D eigenvalue weighted by Gasteiger charge is 2.23. The lowest BCUT2D eigenvalue weighted by atomic mass is 10.1. The summed E-state index contributed by atoms with van der Waals surface area (Å²) in [5, 5.41) is 7.42. The van der Waals surface area contributed by atoms with Gasteiger partial charge in [0.15, 0.2) is 0 Å². The van der Waals surface area contributed by atoms with Crippen molar-refractivity contribution in [1.29, 1.82) is 0 Å². The van der Waals surface area contributed by atoms with Gasteiger partial charge >= 0.3 is 0 Å². The summed E-state index contributed by atoms with van der Waals surface area (Å²) in [6.45, 7) is 5.29. The number of sulfonamides is 1. The number of aromatic nitrogens is 3. The average Bonchev–Trinajstić information content (AvgIpc) is 3.25. The second-order valence-electron chi connectivity index (χ2n) is 8.75. The van der Waals surface area contributed by atoms with Crippen LogP contribution in [0.25, 0.3) is 16.9 Å². The van der Waals surface area contributed by atoms with E-state index >= 15 is 0 Å². The predicted octanol–water partition coefficient (Wildman–Crippen LogP) is 4.26. The number of benzene rings is 2. The molecule has 0 aliphatic carbocycles. The molecule has 0 saturated carbocycles. The van der Waals surface area contributed by atoms with E-state index in [1.807, 2.05) is 36.4 Å². The number of rotatable bonds is 6. The van der Waals surface area contributed by atoms with Gasteiger partial charge in [0.25, 0.3) is 5.91 Å². The second-order valence-corrected chi connectivity index (χ2v) is 10.4. The molecule has 4 rings (SSSR count). The van der Waals surface area contributed by atoms with Gasteiger partial charge in [-0.1, -0.05) is 24.3 Å². The number of nitrogens with one attached hydrogen (secondary N) is 2. The summed E-state index contributed by atoms with van der Waals surface area (Å²) in [7, 11) is -3.75. The minimum absolute atomic E-state index is 0.0627. The first kappa shape index (κ1) is 23.3. The molecule has 2 aromatic carbocycles. The molecule has 0 spiro atoms. The van der Waals surface area contributed by atoms with E-state index in [1.54, 1.807) is 62.2 Å². The van der Waals surface area contributed by atoms with Crippen LogP contribution in [0.1, 0.15) is 31.1 Å². The Morgan fingerprint density at radius 3 is 2.41 bits per heavy atom. The third-order valence-corrected chi connectivity index (χ3v) is 6.51. The van der Waals surface area contributed by atoms with Crippen molar-refractivity contribution in [2.45, 2.75) is 31.2 Å².